The number of rotatable bonds is 2. The standard InChI is InChI=1S/C16H20N2O2/c1-12-10-14(6-5-13(12)4-3-8-17)16(19)18-9-7-15(11-18)20-2/h5-6,10,15H,7-9,11,17H2,1-2H3. The highest BCUT2D eigenvalue weighted by Crippen LogP contribution is 2.17. The molecular formula is C16H20N2O2. The summed E-state index contributed by atoms with van der Waals surface area (Å²) in [5.41, 5.74) is 7.99. The van der Waals surface area contributed by atoms with Gasteiger partial charge in [-0.1, -0.05) is 11.8 Å². The van der Waals surface area contributed by atoms with Crippen molar-refractivity contribution < 1.29 is 9.53 Å². The van der Waals surface area contributed by atoms with Crippen molar-refractivity contribution in [3.63, 3.8) is 0 Å². The zero-order chi connectivity index (χ0) is 14.5. The molecule has 1 aromatic rings. The first-order chi connectivity index (χ1) is 9.65. The molecule has 1 heterocycles. The van der Waals surface area contributed by atoms with Crippen LogP contribution in [0.15, 0.2) is 18.2 Å². The third-order valence-electron chi connectivity index (χ3n) is 3.56. The Morgan fingerprint density at radius 3 is 2.95 bits per heavy atom. The molecule has 0 aromatic heterocycles. The lowest BCUT2D eigenvalue weighted by molar-refractivity contribution is 0.0724. The Morgan fingerprint density at radius 2 is 2.35 bits per heavy atom. The minimum Gasteiger partial charge on any atom is -0.380 e. The van der Waals surface area contributed by atoms with Crippen LogP contribution < -0.4 is 5.73 Å². The van der Waals surface area contributed by atoms with Gasteiger partial charge in [0.1, 0.15) is 0 Å². The van der Waals surface area contributed by atoms with Crippen molar-refractivity contribution in [2.75, 3.05) is 26.7 Å². The summed E-state index contributed by atoms with van der Waals surface area (Å²) < 4.78 is 5.29. The number of hydrogen-bond donors (Lipinski definition) is 1. The predicted molar refractivity (Wildman–Crippen MR) is 78.4 cm³/mol. The smallest absolute Gasteiger partial charge is 0.253 e. The van der Waals surface area contributed by atoms with Gasteiger partial charge in [0.15, 0.2) is 0 Å². The molecule has 2 N–H and O–H groups in total. The Hall–Kier alpha value is -1.83. The van der Waals surface area contributed by atoms with Crippen LogP contribution in [0.1, 0.15) is 27.9 Å². The maximum absolute atomic E-state index is 12.4. The Morgan fingerprint density at radius 1 is 1.55 bits per heavy atom. The van der Waals surface area contributed by atoms with Gasteiger partial charge in [-0.25, -0.2) is 0 Å². The minimum absolute atomic E-state index is 0.0611. The number of ether oxygens (including phenoxy) is 1. The lowest BCUT2D eigenvalue weighted by Gasteiger charge is -2.16. The lowest BCUT2D eigenvalue weighted by Crippen LogP contribution is -2.30. The maximum atomic E-state index is 12.4. The van der Waals surface area contributed by atoms with E-state index < -0.39 is 0 Å². The second-order valence-electron chi connectivity index (χ2n) is 4.93. The molecule has 0 spiro atoms. The highest BCUT2D eigenvalue weighted by Gasteiger charge is 2.26. The molecule has 0 aliphatic carbocycles. The topological polar surface area (TPSA) is 55.6 Å². The molecule has 2 rings (SSSR count). The highest BCUT2D eigenvalue weighted by molar-refractivity contribution is 5.94. The molecule has 4 nitrogen and oxygen atoms in total. The van der Waals surface area contributed by atoms with Gasteiger partial charge in [-0.2, -0.15) is 0 Å². The van der Waals surface area contributed by atoms with Crippen LogP contribution in [-0.2, 0) is 4.74 Å². The second-order valence-corrected chi connectivity index (χ2v) is 4.93. The van der Waals surface area contributed by atoms with Crippen molar-refractivity contribution in [3.8, 4) is 11.8 Å². The third-order valence-corrected chi connectivity index (χ3v) is 3.56. The number of nitrogens with zero attached hydrogens (tertiary/aromatic N) is 1. The number of carbonyl (C=O) groups is 1. The molecule has 0 radical (unpaired) electrons. The van der Waals surface area contributed by atoms with Gasteiger partial charge in [-0.05, 0) is 37.1 Å². The largest absolute Gasteiger partial charge is 0.380 e. The number of methoxy groups -OCH3 is 1. The molecule has 1 atom stereocenters. The van der Waals surface area contributed by atoms with Gasteiger partial charge in [-0.3, -0.25) is 4.79 Å². The van der Waals surface area contributed by atoms with Gasteiger partial charge >= 0.3 is 0 Å². The quantitative estimate of drug-likeness (QED) is 0.822. The zero-order valence-electron chi connectivity index (χ0n) is 12.0. The van der Waals surface area contributed by atoms with Crippen LogP contribution in [0.4, 0.5) is 0 Å². The number of hydrogen-bond acceptors (Lipinski definition) is 3. The third kappa shape index (κ3) is 3.19. The van der Waals surface area contributed by atoms with Crippen molar-refractivity contribution in [2.45, 2.75) is 19.4 Å². The molecule has 0 saturated carbocycles. The van der Waals surface area contributed by atoms with E-state index in [2.05, 4.69) is 11.8 Å². The minimum atomic E-state index is 0.0611. The van der Waals surface area contributed by atoms with Crippen LogP contribution in [0.25, 0.3) is 0 Å². The van der Waals surface area contributed by atoms with Crippen molar-refractivity contribution >= 4 is 5.91 Å². The Balaban J connectivity index is 2.13. The number of nitrogens with two attached hydrogens (primary N) is 1. The van der Waals surface area contributed by atoms with E-state index in [0.717, 1.165) is 24.1 Å². The average Bonchev–Trinajstić information content (AvgIpc) is 2.94. The molecule has 4 heteroatoms. The number of benzene rings is 1. The van der Waals surface area contributed by atoms with E-state index in [9.17, 15) is 4.79 Å². The molecular weight excluding hydrogens is 252 g/mol. The monoisotopic (exact) mass is 272 g/mol. The maximum Gasteiger partial charge on any atom is 0.253 e. The summed E-state index contributed by atoms with van der Waals surface area (Å²) in [6.45, 7) is 3.72. The summed E-state index contributed by atoms with van der Waals surface area (Å²) in [4.78, 5) is 14.2. The fourth-order valence-corrected chi connectivity index (χ4v) is 2.37. The van der Waals surface area contributed by atoms with E-state index in [1.807, 2.05) is 30.0 Å². The van der Waals surface area contributed by atoms with Gasteiger partial charge in [0.2, 0.25) is 0 Å². The van der Waals surface area contributed by atoms with Crippen LogP contribution >= 0.6 is 0 Å². The van der Waals surface area contributed by atoms with Crippen LogP contribution in [-0.4, -0.2) is 43.7 Å². The van der Waals surface area contributed by atoms with Gasteiger partial charge in [0.25, 0.3) is 5.91 Å². The number of carbonyl (C=O) groups excluding carboxylic acids is 1. The Labute approximate surface area is 119 Å². The summed E-state index contributed by atoms with van der Waals surface area (Å²) in [7, 11) is 1.69. The summed E-state index contributed by atoms with van der Waals surface area (Å²) >= 11 is 0. The van der Waals surface area contributed by atoms with Crippen LogP contribution in [0, 0.1) is 18.8 Å². The van der Waals surface area contributed by atoms with Crippen LogP contribution in [0.2, 0.25) is 0 Å². The van der Waals surface area contributed by atoms with Crippen molar-refractivity contribution in [1.82, 2.24) is 4.90 Å². The molecule has 1 fully saturated rings. The molecule has 20 heavy (non-hydrogen) atoms. The number of amides is 1. The van der Waals surface area contributed by atoms with Gasteiger partial charge in [0, 0.05) is 31.3 Å². The lowest BCUT2D eigenvalue weighted by atomic mass is 10.0. The molecule has 1 aliphatic rings. The summed E-state index contributed by atoms with van der Waals surface area (Å²) in [5.74, 6) is 5.89. The average molecular weight is 272 g/mol. The second kappa shape index (κ2) is 6.56. The van der Waals surface area contributed by atoms with Gasteiger partial charge < -0.3 is 15.4 Å². The molecule has 1 amide bonds. The van der Waals surface area contributed by atoms with E-state index >= 15 is 0 Å². The summed E-state index contributed by atoms with van der Waals surface area (Å²) in [5, 5.41) is 0. The first-order valence-corrected chi connectivity index (χ1v) is 6.77. The summed E-state index contributed by atoms with van der Waals surface area (Å²) in [6, 6.07) is 5.61. The molecule has 1 unspecified atom stereocenters. The molecule has 0 bridgehead atoms. The van der Waals surface area contributed by atoms with Crippen LogP contribution in [0.5, 0.6) is 0 Å². The molecule has 106 valence electrons. The van der Waals surface area contributed by atoms with E-state index in [0.29, 0.717) is 18.7 Å². The first kappa shape index (κ1) is 14.6. The van der Waals surface area contributed by atoms with Crippen molar-refractivity contribution in [1.29, 1.82) is 0 Å². The van der Waals surface area contributed by atoms with E-state index in [1.54, 1.807) is 7.11 Å². The number of aryl methyl sites for hydroxylation is 1. The fraction of sp³-hybridized carbons (Fsp3) is 0.438. The van der Waals surface area contributed by atoms with Crippen LogP contribution in [0.3, 0.4) is 0 Å². The normalized spacial score (nSPS) is 17.8. The molecule has 1 aromatic carbocycles. The SMILES string of the molecule is COC1CCN(C(=O)c2ccc(C#CCN)c(C)c2)C1. The van der Waals surface area contributed by atoms with E-state index in [-0.39, 0.29) is 12.0 Å². The van der Waals surface area contributed by atoms with Gasteiger partial charge in [-0.15, -0.1) is 0 Å². The van der Waals surface area contributed by atoms with Crippen molar-refractivity contribution in [3.05, 3.63) is 34.9 Å². The Kier molecular flexibility index (Phi) is 4.78. The van der Waals surface area contributed by atoms with E-state index in [4.69, 9.17) is 10.5 Å². The number of likely N-dealkylation sites (tertiary alicyclic amines) is 1. The molecule has 1 aliphatic heterocycles. The van der Waals surface area contributed by atoms with E-state index in [1.165, 1.54) is 0 Å². The predicted octanol–water partition coefficient (Wildman–Crippen LogP) is 1.17. The summed E-state index contributed by atoms with van der Waals surface area (Å²) in [6.07, 6.45) is 1.07. The first-order valence-electron chi connectivity index (χ1n) is 6.77. The Bertz CT molecular complexity index is 557. The highest BCUT2D eigenvalue weighted by atomic mass is 16.5. The van der Waals surface area contributed by atoms with Crippen molar-refractivity contribution in [2.24, 2.45) is 5.73 Å². The van der Waals surface area contributed by atoms with Gasteiger partial charge in [0.05, 0.1) is 12.6 Å². The molecule has 1 saturated heterocycles. The zero-order valence-corrected chi connectivity index (χ0v) is 12.0. The fourth-order valence-electron chi connectivity index (χ4n) is 2.37.